The van der Waals surface area contributed by atoms with Gasteiger partial charge in [-0.05, 0) is 31.0 Å². The van der Waals surface area contributed by atoms with E-state index in [0.29, 0.717) is 12.0 Å². The van der Waals surface area contributed by atoms with Crippen LogP contribution in [0.25, 0.3) is 0 Å². The fraction of sp³-hybridized carbons (Fsp3) is 0.294. The molecule has 27 heavy (non-hydrogen) atoms. The van der Waals surface area contributed by atoms with Crippen molar-refractivity contribution in [1.29, 1.82) is 0 Å². The number of hydrogen-bond acceptors (Lipinski definition) is 5. The molecule has 3 rings (SSSR count). The first-order valence-corrected chi connectivity index (χ1v) is 8.50. The normalized spacial score (nSPS) is 14.9. The van der Waals surface area contributed by atoms with Gasteiger partial charge in [-0.25, -0.2) is 23.5 Å². The first kappa shape index (κ1) is 19.0. The lowest BCUT2D eigenvalue weighted by Gasteiger charge is -2.18. The number of amides is 1. The van der Waals surface area contributed by atoms with Gasteiger partial charge in [0.2, 0.25) is 5.95 Å². The highest BCUT2D eigenvalue weighted by molar-refractivity contribution is 6.33. The Kier molecular flexibility index (Phi) is 5.50. The largest absolute Gasteiger partial charge is 0.479 e. The van der Waals surface area contributed by atoms with E-state index in [0.717, 1.165) is 38.1 Å². The van der Waals surface area contributed by atoms with Crippen LogP contribution in [-0.2, 0) is 4.79 Å². The number of nitrogens with one attached hydrogen (secondary N) is 1. The van der Waals surface area contributed by atoms with Crippen molar-refractivity contribution in [2.45, 2.75) is 18.9 Å². The summed E-state index contributed by atoms with van der Waals surface area (Å²) >= 11 is 5.98. The summed E-state index contributed by atoms with van der Waals surface area (Å²) in [7, 11) is 0. The van der Waals surface area contributed by atoms with E-state index < -0.39 is 35.1 Å². The van der Waals surface area contributed by atoms with E-state index >= 15 is 0 Å². The van der Waals surface area contributed by atoms with E-state index in [1.54, 1.807) is 0 Å². The second kappa shape index (κ2) is 7.83. The van der Waals surface area contributed by atoms with Crippen LogP contribution in [0.3, 0.4) is 0 Å². The minimum absolute atomic E-state index is 0.0840. The summed E-state index contributed by atoms with van der Waals surface area (Å²) in [5, 5.41) is 11.4. The molecule has 7 nitrogen and oxygen atoms in total. The molecule has 0 bridgehead atoms. The van der Waals surface area contributed by atoms with Gasteiger partial charge >= 0.3 is 5.97 Å². The van der Waals surface area contributed by atoms with Crippen molar-refractivity contribution < 1.29 is 23.5 Å². The topological polar surface area (TPSA) is 95.4 Å². The van der Waals surface area contributed by atoms with Crippen molar-refractivity contribution in [3.63, 3.8) is 0 Å². The average Bonchev–Trinajstić information content (AvgIpc) is 3.16. The van der Waals surface area contributed by atoms with Crippen LogP contribution in [0, 0.1) is 11.6 Å². The molecular formula is C17H15ClF2N4O3. The Morgan fingerprint density at radius 3 is 2.63 bits per heavy atom. The number of aliphatic carboxylic acids is 1. The summed E-state index contributed by atoms with van der Waals surface area (Å²) in [5.41, 5.74) is -0.752. The molecule has 2 N–H and O–H groups in total. The van der Waals surface area contributed by atoms with Crippen molar-refractivity contribution in [3.05, 3.63) is 52.3 Å². The maximum Gasteiger partial charge on any atom is 0.331 e. The van der Waals surface area contributed by atoms with Crippen LogP contribution < -0.4 is 10.2 Å². The van der Waals surface area contributed by atoms with Gasteiger partial charge in [-0.2, -0.15) is 0 Å². The maximum absolute atomic E-state index is 13.9. The molecule has 142 valence electrons. The highest BCUT2D eigenvalue weighted by atomic mass is 35.5. The number of rotatable bonds is 5. The summed E-state index contributed by atoms with van der Waals surface area (Å²) in [6.45, 7) is 1.46. The molecule has 0 radical (unpaired) electrons. The molecule has 1 atom stereocenters. The van der Waals surface area contributed by atoms with Gasteiger partial charge in [0, 0.05) is 18.7 Å². The van der Waals surface area contributed by atoms with Crippen molar-refractivity contribution in [3.8, 4) is 0 Å². The Balaban J connectivity index is 1.89. The van der Waals surface area contributed by atoms with Crippen LogP contribution >= 0.6 is 11.6 Å². The zero-order valence-electron chi connectivity index (χ0n) is 14.0. The number of carbonyl (C=O) groups is 2. The first-order valence-electron chi connectivity index (χ1n) is 8.13. The first-order chi connectivity index (χ1) is 12.9. The predicted octanol–water partition coefficient (Wildman–Crippen LogP) is 2.56. The molecule has 1 fully saturated rings. The number of aromatic nitrogens is 2. The van der Waals surface area contributed by atoms with E-state index in [2.05, 4.69) is 15.3 Å². The van der Waals surface area contributed by atoms with E-state index in [-0.39, 0.29) is 10.7 Å². The van der Waals surface area contributed by atoms with Gasteiger partial charge < -0.3 is 15.3 Å². The van der Waals surface area contributed by atoms with Gasteiger partial charge in [-0.3, -0.25) is 4.79 Å². The Labute approximate surface area is 158 Å². The molecule has 10 heteroatoms. The Morgan fingerprint density at radius 1 is 1.26 bits per heavy atom. The lowest BCUT2D eigenvalue weighted by atomic mass is 10.1. The summed E-state index contributed by atoms with van der Waals surface area (Å²) in [6, 6.07) is 0.541. The maximum atomic E-state index is 13.9. The lowest BCUT2D eigenvalue weighted by Crippen LogP contribution is -2.35. The van der Waals surface area contributed by atoms with E-state index in [4.69, 9.17) is 11.6 Å². The number of benzene rings is 1. The molecule has 1 unspecified atom stereocenters. The number of hydrogen-bond donors (Lipinski definition) is 2. The standard InChI is InChI=1S/C17H15ClF2N4O3/c18-11-8-21-17(24-5-1-2-6-24)23-14(11)15(25)22-13(16(26)27)10-7-9(19)3-4-12(10)20/h3-4,7-8,13H,1-2,5-6H2,(H,22,25)(H,26,27). The van der Waals surface area contributed by atoms with Crippen LogP contribution in [0.4, 0.5) is 14.7 Å². The number of nitrogens with zero attached hydrogens (tertiary/aromatic N) is 3. The summed E-state index contributed by atoms with van der Waals surface area (Å²) in [5.74, 6) is -3.98. The predicted molar refractivity (Wildman–Crippen MR) is 92.7 cm³/mol. The molecule has 1 aromatic heterocycles. The average molecular weight is 397 g/mol. The van der Waals surface area contributed by atoms with Crippen LogP contribution in [0.15, 0.2) is 24.4 Å². The van der Waals surface area contributed by atoms with E-state index in [9.17, 15) is 23.5 Å². The second-order valence-corrected chi connectivity index (χ2v) is 6.38. The third kappa shape index (κ3) is 4.13. The molecule has 1 aromatic carbocycles. The molecule has 1 saturated heterocycles. The van der Waals surface area contributed by atoms with E-state index in [1.807, 2.05) is 4.90 Å². The van der Waals surface area contributed by atoms with Gasteiger partial charge in [-0.15, -0.1) is 0 Å². The third-order valence-electron chi connectivity index (χ3n) is 4.13. The molecule has 0 aliphatic carbocycles. The molecule has 2 aromatic rings. The highest BCUT2D eigenvalue weighted by Gasteiger charge is 2.28. The molecule has 0 saturated carbocycles. The molecule has 2 heterocycles. The Hall–Kier alpha value is -2.81. The molecular weight excluding hydrogens is 382 g/mol. The summed E-state index contributed by atoms with van der Waals surface area (Å²) < 4.78 is 27.3. The molecule has 1 amide bonds. The zero-order chi connectivity index (χ0) is 19.6. The number of halogens is 3. The number of carbonyl (C=O) groups excluding carboxylic acids is 1. The van der Waals surface area contributed by atoms with Crippen molar-refractivity contribution in [1.82, 2.24) is 15.3 Å². The van der Waals surface area contributed by atoms with Crippen LogP contribution in [0.2, 0.25) is 5.02 Å². The quantitative estimate of drug-likeness (QED) is 0.806. The van der Waals surface area contributed by atoms with Gasteiger partial charge in [0.25, 0.3) is 5.91 Å². The van der Waals surface area contributed by atoms with Crippen molar-refractivity contribution in [2.24, 2.45) is 0 Å². The van der Waals surface area contributed by atoms with Gasteiger partial charge in [0.05, 0.1) is 11.2 Å². The third-order valence-corrected chi connectivity index (χ3v) is 4.40. The van der Waals surface area contributed by atoms with E-state index in [1.165, 1.54) is 6.20 Å². The van der Waals surface area contributed by atoms with Gasteiger partial charge in [-0.1, -0.05) is 11.6 Å². The van der Waals surface area contributed by atoms with Gasteiger partial charge in [0.15, 0.2) is 11.7 Å². The number of carboxylic acids is 1. The zero-order valence-corrected chi connectivity index (χ0v) is 14.7. The Morgan fingerprint density at radius 2 is 1.96 bits per heavy atom. The SMILES string of the molecule is O=C(NC(C(=O)O)c1cc(F)ccc1F)c1nc(N2CCCC2)ncc1Cl. The highest BCUT2D eigenvalue weighted by Crippen LogP contribution is 2.22. The van der Waals surface area contributed by atoms with Crippen LogP contribution in [0.1, 0.15) is 34.9 Å². The summed E-state index contributed by atoms with van der Waals surface area (Å²) in [6.07, 6.45) is 3.18. The monoisotopic (exact) mass is 396 g/mol. The number of anilines is 1. The smallest absolute Gasteiger partial charge is 0.331 e. The number of carboxylic acid groups (broad SMARTS) is 1. The fourth-order valence-corrected chi connectivity index (χ4v) is 2.97. The molecule has 0 spiro atoms. The van der Waals surface area contributed by atoms with Gasteiger partial charge in [0.1, 0.15) is 11.6 Å². The lowest BCUT2D eigenvalue weighted by molar-refractivity contribution is -0.139. The summed E-state index contributed by atoms with van der Waals surface area (Å²) in [4.78, 5) is 34.1. The molecule has 1 aliphatic rings. The van der Waals surface area contributed by atoms with Crippen molar-refractivity contribution >= 4 is 29.4 Å². The van der Waals surface area contributed by atoms with Crippen LogP contribution in [0.5, 0.6) is 0 Å². The second-order valence-electron chi connectivity index (χ2n) is 5.97. The minimum Gasteiger partial charge on any atom is -0.479 e. The Bertz CT molecular complexity index is 890. The van der Waals surface area contributed by atoms with Crippen molar-refractivity contribution in [2.75, 3.05) is 18.0 Å². The fourth-order valence-electron chi connectivity index (χ4n) is 2.79. The van der Waals surface area contributed by atoms with Crippen LogP contribution in [-0.4, -0.2) is 40.0 Å². The minimum atomic E-state index is -1.81. The molecule has 1 aliphatic heterocycles.